The molecule has 0 saturated heterocycles. The molecule has 1 aromatic rings. The zero-order valence-electron chi connectivity index (χ0n) is 19.3. The number of ketones is 1. The Balaban J connectivity index is 2.16. The van der Waals surface area contributed by atoms with E-state index >= 15 is 0 Å². The Morgan fingerprint density at radius 2 is 1.97 bits per heavy atom. The van der Waals surface area contributed by atoms with E-state index in [1.807, 2.05) is 52.0 Å². The number of Topliss-reactive ketones (excluding diaryl/α,β-unsaturated/α-hetero) is 1. The van der Waals surface area contributed by atoms with Gasteiger partial charge in [0.25, 0.3) is 0 Å². The third kappa shape index (κ3) is 4.42. The van der Waals surface area contributed by atoms with Gasteiger partial charge in [0.1, 0.15) is 11.7 Å². The summed E-state index contributed by atoms with van der Waals surface area (Å²) in [6.45, 7) is 8.26. The number of ether oxygens (including phenoxy) is 3. The first-order valence-corrected chi connectivity index (χ1v) is 11.1. The minimum atomic E-state index is -0.913. The Hall–Kier alpha value is -3.09. The van der Waals surface area contributed by atoms with Gasteiger partial charge < -0.3 is 19.5 Å². The number of benzene rings is 1. The molecule has 0 amide bonds. The lowest BCUT2D eigenvalue weighted by Crippen LogP contribution is -2.43. The van der Waals surface area contributed by atoms with Crippen LogP contribution in [0.5, 0.6) is 5.75 Å². The minimum absolute atomic E-state index is 0.224. The molecular weight excluding hydrogens is 410 g/mol. The zero-order valence-corrected chi connectivity index (χ0v) is 19.3. The highest BCUT2D eigenvalue weighted by Gasteiger charge is 2.47. The first-order valence-electron chi connectivity index (χ1n) is 11.1. The smallest absolute Gasteiger partial charge is 0.336 e. The Morgan fingerprint density at radius 3 is 2.62 bits per heavy atom. The molecule has 1 aliphatic carbocycles. The van der Waals surface area contributed by atoms with Gasteiger partial charge in [-0.15, -0.1) is 0 Å². The van der Waals surface area contributed by atoms with Crippen molar-refractivity contribution in [1.82, 2.24) is 5.32 Å². The number of methoxy groups -OCH3 is 1. The molecular formula is C25H31NO6. The van der Waals surface area contributed by atoms with Gasteiger partial charge in [0.05, 0.1) is 25.9 Å². The van der Waals surface area contributed by atoms with E-state index in [-0.39, 0.29) is 18.3 Å². The van der Waals surface area contributed by atoms with Crippen LogP contribution >= 0.6 is 0 Å². The molecule has 3 atom stereocenters. The third-order valence-electron chi connectivity index (χ3n) is 5.90. The van der Waals surface area contributed by atoms with Gasteiger partial charge >= 0.3 is 11.9 Å². The van der Waals surface area contributed by atoms with Crippen molar-refractivity contribution < 1.29 is 28.6 Å². The molecule has 2 aliphatic rings. The van der Waals surface area contributed by atoms with E-state index in [4.69, 9.17) is 14.2 Å². The molecule has 3 rings (SSSR count). The molecule has 0 saturated carbocycles. The molecule has 7 heteroatoms. The average molecular weight is 442 g/mol. The molecule has 172 valence electrons. The molecule has 0 bridgehead atoms. The summed E-state index contributed by atoms with van der Waals surface area (Å²) in [5.74, 6) is -2.51. The Morgan fingerprint density at radius 1 is 1.22 bits per heavy atom. The lowest BCUT2D eigenvalue weighted by Gasteiger charge is -2.38. The Bertz CT molecular complexity index is 976. The van der Waals surface area contributed by atoms with Crippen LogP contribution in [0.2, 0.25) is 0 Å². The molecule has 1 aliphatic heterocycles. The molecule has 0 unspecified atom stereocenters. The fourth-order valence-electron chi connectivity index (χ4n) is 4.51. The number of esters is 2. The Kier molecular flexibility index (Phi) is 7.38. The molecule has 0 aromatic heterocycles. The average Bonchev–Trinajstić information content (AvgIpc) is 2.76. The van der Waals surface area contributed by atoms with E-state index in [0.29, 0.717) is 42.0 Å². The quantitative estimate of drug-likeness (QED) is 0.510. The van der Waals surface area contributed by atoms with Crippen molar-refractivity contribution in [2.24, 2.45) is 11.8 Å². The second-order valence-electron chi connectivity index (χ2n) is 8.18. The maximum Gasteiger partial charge on any atom is 0.336 e. The number of nitrogens with one attached hydrogen (secondary N) is 1. The van der Waals surface area contributed by atoms with Gasteiger partial charge in [0.15, 0.2) is 5.78 Å². The van der Waals surface area contributed by atoms with E-state index in [1.165, 1.54) is 7.11 Å². The zero-order chi connectivity index (χ0) is 23.4. The van der Waals surface area contributed by atoms with Crippen LogP contribution in [0.3, 0.4) is 0 Å². The van der Waals surface area contributed by atoms with Crippen LogP contribution in [0, 0.1) is 11.8 Å². The SMILES string of the molecule is CCCOC(=O)C1=C(C)NC2=C(C(=O)[C@@H](C(=O)OC)[C@H](C)C2)[C@@H]1c1cccc(OCC)c1. The summed E-state index contributed by atoms with van der Waals surface area (Å²) < 4.78 is 16.1. The van der Waals surface area contributed by atoms with Gasteiger partial charge in [-0.3, -0.25) is 9.59 Å². The molecule has 0 radical (unpaired) electrons. The third-order valence-corrected chi connectivity index (χ3v) is 5.90. The van der Waals surface area contributed by atoms with E-state index < -0.39 is 23.8 Å². The van der Waals surface area contributed by atoms with Gasteiger partial charge in [-0.2, -0.15) is 0 Å². The number of hydrogen-bond donors (Lipinski definition) is 1. The highest BCUT2D eigenvalue weighted by Crippen LogP contribution is 2.45. The number of carbonyl (C=O) groups is 3. The monoisotopic (exact) mass is 441 g/mol. The van der Waals surface area contributed by atoms with Crippen molar-refractivity contribution in [3.8, 4) is 5.75 Å². The van der Waals surface area contributed by atoms with Crippen LogP contribution in [0.15, 0.2) is 46.8 Å². The van der Waals surface area contributed by atoms with Crippen molar-refractivity contribution in [3.63, 3.8) is 0 Å². The summed E-state index contributed by atoms with van der Waals surface area (Å²) in [7, 11) is 1.28. The molecule has 1 aromatic carbocycles. The van der Waals surface area contributed by atoms with Crippen molar-refractivity contribution in [2.45, 2.75) is 46.5 Å². The summed E-state index contributed by atoms with van der Waals surface area (Å²) in [5, 5.41) is 3.26. The largest absolute Gasteiger partial charge is 0.494 e. The second-order valence-corrected chi connectivity index (χ2v) is 8.18. The van der Waals surface area contributed by atoms with Crippen molar-refractivity contribution in [2.75, 3.05) is 20.3 Å². The van der Waals surface area contributed by atoms with Gasteiger partial charge in [-0.25, -0.2) is 4.79 Å². The number of allylic oxidation sites excluding steroid dienone is 3. The molecule has 32 heavy (non-hydrogen) atoms. The van der Waals surface area contributed by atoms with Crippen LogP contribution in [-0.4, -0.2) is 38.0 Å². The summed E-state index contributed by atoms with van der Waals surface area (Å²) in [6.07, 6.45) is 1.18. The topological polar surface area (TPSA) is 90.9 Å². The lowest BCUT2D eigenvalue weighted by molar-refractivity contribution is -0.151. The maximum absolute atomic E-state index is 13.6. The van der Waals surface area contributed by atoms with Crippen LogP contribution in [0.1, 0.15) is 52.0 Å². The predicted molar refractivity (Wildman–Crippen MR) is 119 cm³/mol. The first-order chi connectivity index (χ1) is 15.3. The normalized spacial score (nSPS) is 22.8. The van der Waals surface area contributed by atoms with Gasteiger partial charge in [0.2, 0.25) is 0 Å². The molecule has 1 N–H and O–H groups in total. The Labute approximate surface area is 188 Å². The maximum atomic E-state index is 13.6. The molecule has 7 nitrogen and oxygen atoms in total. The van der Waals surface area contributed by atoms with Crippen molar-refractivity contribution in [3.05, 3.63) is 52.4 Å². The van der Waals surface area contributed by atoms with Gasteiger partial charge in [-0.1, -0.05) is 26.0 Å². The van der Waals surface area contributed by atoms with Crippen LogP contribution < -0.4 is 10.1 Å². The second kappa shape index (κ2) is 10.0. The summed E-state index contributed by atoms with van der Waals surface area (Å²) in [4.78, 5) is 39.2. The number of carbonyl (C=O) groups excluding carboxylic acids is 3. The number of dihydropyridines is 1. The van der Waals surface area contributed by atoms with E-state index in [9.17, 15) is 14.4 Å². The van der Waals surface area contributed by atoms with Crippen molar-refractivity contribution in [1.29, 1.82) is 0 Å². The highest BCUT2D eigenvalue weighted by molar-refractivity contribution is 6.12. The van der Waals surface area contributed by atoms with Crippen LogP contribution in [0.4, 0.5) is 0 Å². The summed E-state index contributed by atoms with van der Waals surface area (Å²) in [5.41, 5.74) is 2.91. The minimum Gasteiger partial charge on any atom is -0.494 e. The summed E-state index contributed by atoms with van der Waals surface area (Å²) in [6, 6.07) is 7.36. The molecule has 0 spiro atoms. The first kappa shape index (κ1) is 23.6. The van der Waals surface area contributed by atoms with Gasteiger partial charge in [0, 0.05) is 22.9 Å². The number of rotatable bonds is 7. The fourth-order valence-corrected chi connectivity index (χ4v) is 4.51. The summed E-state index contributed by atoms with van der Waals surface area (Å²) >= 11 is 0. The predicted octanol–water partition coefficient (Wildman–Crippen LogP) is 3.65. The standard InChI is InChI=1S/C25H31NO6/c1-6-11-32-25(29)20-15(4)26-18-12-14(3)19(24(28)30-5)23(27)22(18)21(20)16-9-8-10-17(13-16)31-7-2/h8-10,13-14,19,21,26H,6-7,11-12H2,1-5H3/t14-,19+,21-/m1/s1. The number of hydrogen-bond acceptors (Lipinski definition) is 7. The molecule has 0 fully saturated rings. The van der Waals surface area contributed by atoms with Crippen LogP contribution in [0.25, 0.3) is 0 Å². The lowest BCUT2D eigenvalue weighted by atomic mass is 9.69. The van der Waals surface area contributed by atoms with Crippen LogP contribution in [-0.2, 0) is 23.9 Å². The van der Waals surface area contributed by atoms with E-state index in [0.717, 1.165) is 11.3 Å². The molecule has 1 heterocycles. The van der Waals surface area contributed by atoms with E-state index in [2.05, 4.69) is 5.32 Å². The highest BCUT2D eigenvalue weighted by atomic mass is 16.5. The van der Waals surface area contributed by atoms with Crippen molar-refractivity contribution >= 4 is 17.7 Å². The fraction of sp³-hybridized carbons (Fsp3) is 0.480. The van der Waals surface area contributed by atoms with Gasteiger partial charge in [-0.05, 0) is 50.3 Å². The van der Waals surface area contributed by atoms with E-state index in [1.54, 1.807) is 0 Å².